The first-order chi connectivity index (χ1) is 10.3. The zero-order valence-electron chi connectivity index (χ0n) is 11.7. The normalized spacial score (nSPS) is 18.4. The summed E-state index contributed by atoms with van der Waals surface area (Å²) < 4.78 is 38.5. The first kappa shape index (κ1) is 16.3. The van der Waals surface area contributed by atoms with Crippen LogP contribution in [0.1, 0.15) is 22.3 Å². The molecule has 0 radical (unpaired) electrons. The van der Waals surface area contributed by atoms with Crippen LogP contribution >= 0.6 is 0 Å². The molecule has 1 fully saturated rings. The van der Waals surface area contributed by atoms with Crippen LogP contribution in [0.15, 0.2) is 24.3 Å². The predicted octanol–water partition coefficient (Wildman–Crippen LogP) is 0.995. The number of nitrogens with zero attached hydrogens (tertiary/aromatic N) is 1. The molecule has 0 aliphatic carbocycles. The van der Waals surface area contributed by atoms with Crippen LogP contribution in [0.4, 0.5) is 13.2 Å². The summed E-state index contributed by atoms with van der Waals surface area (Å²) in [5.74, 6) is -1.28. The van der Waals surface area contributed by atoms with Crippen molar-refractivity contribution >= 4 is 11.8 Å². The lowest BCUT2D eigenvalue weighted by Crippen LogP contribution is -2.40. The molecular weight excluding hydrogens is 299 g/mol. The Bertz CT molecular complexity index is 575. The van der Waals surface area contributed by atoms with Gasteiger partial charge in [-0.2, -0.15) is 13.2 Å². The summed E-state index contributed by atoms with van der Waals surface area (Å²) in [6.45, 7) is 0.542. The summed E-state index contributed by atoms with van der Waals surface area (Å²) in [5, 5.41) is 2.23. The molecule has 5 nitrogen and oxygen atoms in total. The predicted molar refractivity (Wildman–Crippen MR) is 72.9 cm³/mol. The van der Waals surface area contributed by atoms with Gasteiger partial charge in [-0.25, -0.2) is 0 Å². The topological polar surface area (TPSA) is 75.4 Å². The molecule has 1 aliphatic heterocycles. The first-order valence-corrected chi connectivity index (χ1v) is 6.77. The molecule has 120 valence electrons. The number of amides is 2. The number of carbonyl (C=O) groups is 2. The van der Waals surface area contributed by atoms with Gasteiger partial charge in [0.05, 0.1) is 17.7 Å². The Morgan fingerprint density at radius 2 is 2.00 bits per heavy atom. The van der Waals surface area contributed by atoms with Gasteiger partial charge in [0, 0.05) is 19.1 Å². The van der Waals surface area contributed by atoms with Crippen LogP contribution in [-0.4, -0.2) is 42.4 Å². The Morgan fingerprint density at radius 1 is 1.32 bits per heavy atom. The van der Waals surface area contributed by atoms with Crippen molar-refractivity contribution in [1.82, 2.24) is 10.2 Å². The number of rotatable bonds is 3. The molecular formula is C14H16F3N3O2. The average molecular weight is 315 g/mol. The minimum absolute atomic E-state index is 0.0920. The number of benzene rings is 1. The molecule has 1 saturated heterocycles. The molecule has 1 atom stereocenters. The van der Waals surface area contributed by atoms with E-state index >= 15 is 0 Å². The summed E-state index contributed by atoms with van der Waals surface area (Å²) in [7, 11) is 0. The molecule has 0 spiro atoms. The minimum Gasteiger partial charge on any atom is -0.343 e. The van der Waals surface area contributed by atoms with Crippen LogP contribution < -0.4 is 11.1 Å². The zero-order valence-corrected chi connectivity index (χ0v) is 11.7. The lowest BCUT2D eigenvalue weighted by molar-refractivity contribution is -0.137. The van der Waals surface area contributed by atoms with Gasteiger partial charge >= 0.3 is 6.18 Å². The van der Waals surface area contributed by atoms with E-state index in [1.807, 2.05) is 0 Å². The molecule has 2 rings (SSSR count). The molecule has 1 heterocycles. The van der Waals surface area contributed by atoms with Gasteiger partial charge in [0.1, 0.15) is 0 Å². The van der Waals surface area contributed by atoms with Crippen LogP contribution in [0, 0.1) is 0 Å². The van der Waals surface area contributed by atoms with Crippen LogP contribution in [0.5, 0.6) is 0 Å². The van der Waals surface area contributed by atoms with Crippen molar-refractivity contribution < 1.29 is 22.8 Å². The highest BCUT2D eigenvalue weighted by molar-refractivity contribution is 5.97. The summed E-state index contributed by atoms with van der Waals surface area (Å²) >= 11 is 0. The van der Waals surface area contributed by atoms with Crippen molar-refractivity contribution in [2.24, 2.45) is 5.73 Å². The molecule has 22 heavy (non-hydrogen) atoms. The second-order valence-electron chi connectivity index (χ2n) is 5.11. The molecule has 0 bridgehead atoms. The minimum atomic E-state index is -4.63. The molecule has 0 saturated carbocycles. The van der Waals surface area contributed by atoms with Gasteiger partial charge in [0.15, 0.2) is 0 Å². The van der Waals surface area contributed by atoms with Crippen LogP contribution in [0.3, 0.4) is 0 Å². The zero-order chi connectivity index (χ0) is 16.3. The third-order valence-electron chi connectivity index (χ3n) is 3.45. The molecule has 1 aromatic rings. The van der Waals surface area contributed by atoms with E-state index < -0.39 is 23.2 Å². The van der Waals surface area contributed by atoms with E-state index in [2.05, 4.69) is 5.32 Å². The Balaban J connectivity index is 2.00. The van der Waals surface area contributed by atoms with Crippen LogP contribution in [0.2, 0.25) is 0 Å². The molecule has 1 aromatic carbocycles. The largest absolute Gasteiger partial charge is 0.417 e. The summed E-state index contributed by atoms with van der Waals surface area (Å²) in [6.07, 6.45) is -3.95. The number of carbonyl (C=O) groups excluding carboxylic acids is 2. The number of nitrogens with two attached hydrogens (primary N) is 1. The van der Waals surface area contributed by atoms with E-state index in [1.54, 1.807) is 0 Å². The summed E-state index contributed by atoms with van der Waals surface area (Å²) in [5.41, 5.74) is 4.15. The van der Waals surface area contributed by atoms with Crippen molar-refractivity contribution in [1.29, 1.82) is 0 Å². The monoisotopic (exact) mass is 315 g/mol. The van der Waals surface area contributed by atoms with E-state index in [0.717, 1.165) is 12.1 Å². The summed E-state index contributed by atoms with van der Waals surface area (Å²) in [4.78, 5) is 25.2. The van der Waals surface area contributed by atoms with Gasteiger partial charge in [0.25, 0.3) is 5.91 Å². The van der Waals surface area contributed by atoms with Crippen molar-refractivity contribution in [3.05, 3.63) is 35.4 Å². The van der Waals surface area contributed by atoms with Gasteiger partial charge in [-0.1, -0.05) is 12.1 Å². The number of nitrogens with one attached hydrogen (secondary N) is 1. The summed E-state index contributed by atoms with van der Waals surface area (Å²) in [6, 6.07) is 4.36. The Kier molecular flexibility index (Phi) is 4.70. The average Bonchev–Trinajstić information content (AvgIpc) is 2.90. The first-order valence-electron chi connectivity index (χ1n) is 6.77. The number of halogens is 3. The Labute approximate surface area is 125 Å². The number of hydrogen-bond acceptors (Lipinski definition) is 3. The quantitative estimate of drug-likeness (QED) is 0.873. The molecule has 3 N–H and O–H groups in total. The third-order valence-corrected chi connectivity index (χ3v) is 3.45. The van der Waals surface area contributed by atoms with Crippen molar-refractivity contribution in [2.45, 2.75) is 18.6 Å². The van der Waals surface area contributed by atoms with Crippen LogP contribution in [0.25, 0.3) is 0 Å². The molecule has 8 heteroatoms. The van der Waals surface area contributed by atoms with Gasteiger partial charge in [0.2, 0.25) is 5.91 Å². The highest BCUT2D eigenvalue weighted by Crippen LogP contribution is 2.31. The molecule has 1 aliphatic rings. The van der Waals surface area contributed by atoms with Crippen molar-refractivity contribution in [3.63, 3.8) is 0 Å². The van der Waals surface area contributed by atoms with E-state index in [-0.39, 0.29) is 18.5 Å². The maximum atomic E-state index is 12.8. The lowest BCUT2D eigenvalue weighted by atomic mass is 10.1. The Hall–Kier alpha value is -2.09. The smallest absolute Gasteiger partial charge is 0.343 e. The second kappa shape index (κ2) is 6.35. The number of alkyl halides is 3. The van der Waals surface area contributed by atoms with Gasteiger partial charge < -0.3 is 16.0 Å². The van der Waals surface area contributed by atoms with Gasteiger partial charge in [-0.05, 0) is 18.6 Å². The lowest BCUT2D eigenvalue weighted by Gasteiger charge is -2.17. The van der Waals surface area contributed by atoms with Crippen molar-refractivity contribution in [2.75, 3.05) is 19.6 Å². The van der Waals surface area contributed by atoms with E-state index in [1.165, 1.54) is 17.0 Å². The molecule has 0 unspecified atom stereocenters. The highest BCUT2D eigenvalue weighted by Gasteiger charge is 2.35. The van der Waals surface area contributed by atoms with Crippen LogP contribution in [-0.2, 0) is 11.0 Å². The fourth-order valence-corrected chi connectivity index (χ4v) is 2.31. The maximum Gasteiger partial charge on any atom is 0.417 e. The van der Waals surface area contributed by atoms with E-state index in [4.69, 9.17) is 5.73 Å². The second-order valence-corrected chi connectivity index (χ2v) is 5.11. The van der Waals surface area contributed by atoms with E-state index in [9.17, 15) is 22.8 Å². The van der Waals surface area contributed by atoms with Gasteiger partial charge in [-0.3, -0.25) is 9.59 Å². The Morgan fingerprint density at radius 3 is 2.59 bits per heavy atom. The van der Waals surface area contributed by atoms with E-state index in [0.29, 0.717) is 19.5 Å². The van der Waals surface area contributed by atoms with Crippen molar-refractivity contribution in [3.8, 4) is 0 Å². The SMILES string of the molecule is N[C@@H]1CCN(C(=O)CNC(=O)c2ccccc2C(F)(F)F)C1. The number of hydrogen-bond donors (Lipinski definition) is 2. The maximum absolute atomic E-state index is 12.8. The fourth-order valence-electron chi connectivity index (χ4n) is 2.31. The fraction of sp³-hybridized carbons (Fsp3) is 0.429. The number of likely N-dealkylation sites (tertiary alicyclic amines) is 1. The van der Waals surface area contributed by atoms with Gasteiger partial charge in [-0.15, -0.1) is 0 Å². The molecule has 0 aromatic heterocycles. The third kappa shape index (κ3) is 3.76. The highest BCUT2D eigenvalue weighted by atomic mass is 19.4. The standard InChI is InChI=1S/C14H16F3N3O2/c15-14(16,17)11-4-2-1-3-10(11)13(22)19-7-12(21)20-6-5-9(18)8-20/h1-4,9H,5-8,18H2,(H,19,22)/t9-/m1/s1. The molecule has 2 amide bonds.